The Hall–Kier alpha value is -3.12. The number of hydrogen-bond acceptors (Lipinski definition) is 4. The van der Waals surface area contributed by atoms with Crippen molar-refractivity contribution >= 4 is 39.5 Å². The first kappa shape index (κ1) is 18.7. The molecule has 0 amide bonds. The zero-order chi connectivity index (χ0) is 19.2. The summed E-state index contributed by atoms with van der Waals surface area (Å²) in [6.07, 6.45) is 0. The molecule has 138 valence electrons. The summed E-state index contributed by atoms with van der Waals surface area (Å²) in [5.41, 5.74) is 5.60. The third-order valence-electron chi connectivity index (χ3n) is 4.14. The molecule has 0 bridgehead atoms. The number of hydrogen-bond donors (Lipinski definition) is 2. The number of ether oxygens (including phenoxy) is 2. The molecule has 27 heavy (non-hydrogen) atoms. The van der Waals surface area contributed by atoms with Gasteiger partial charge in [0.25, 0.3) is 0 Å². The highest BCUT2D eigenvalue weighted by atomic mass is 32.1. The van der Waals surface area contributed by atoms with E-state index in [0.29, 0.717) is 5.11 Å². The van der Waals surface area contributed by atoms with E-state index in [9.17, 15) is 0 Å². The monoisotopic (exact) mass is 379 g/mol. The van der Waals surface area contributed by atoms with Crippen molar-refractivity contribution in [3.05, 3.63) is 66.2 Å². The van der Waals surface area contributed by atoms with Crippen LogP contribution in [-0.2, 0) is 0 Å². The number of anilines is 1. The van der Waals surface area contributed by atoms with E-state index in [1.165, 1.54) is 0 Å². The number of nitrogens with zero attached hydrogens (tertiary/aromatic N) is 1. The van der Waals surface area contributed by atoms with Crippen molar-refractivity contribution in [2.75, 3.05) is 19.5 Å². The number of fused-ring (bicyclic) bond motifs is 1. The third kappa shape index (κ3) is 4.74. The average molecular weight is 379 g/mol. The highest BCUT2D eigenvalue weighted by Crippen LogP contribution is 2.22. The topological polar surface area (TPSA) is 54.9 Å². The first-order chi connectivity index (χ1) is 13.1. The van der Waals surface area contributed by atoms with E-state index in [0.717, 1.165) is 39.2 Å². The van der Waals surface area contributed by atoms with Crippen LogP contribution in [0.2, 0.25) is 0 Å². The summed E-state index contributed by atoms with van der Waals surface area (Å²) < 4.78 is 10.4. The van der Waals surface area contributed by atoms with Crippen LogP contribution in [0.4, 0.5) is 5.69 Å². The third-order valence-corrected chi connectivity index (χ3v) is 4.33. The molecule has 2 N–H and O–H groups in total. The summed E-state index contributed by atoms with van der Waals surface area (Å²) in [6, 6.07) is 19.7. The Bertz CT molecular complexity index is 984. The van der Waals surface area contributed by atoms with Gasteiger partial charge in [0.05, 0.1) is 19.9 Å². The van der Waals surface area contributed by atoms with Crippen molar-refractivity contribution in [1.82, 2.24) is 5.43 Å². The Morgan fingerprint density at radius 3 is 2.19 bits per heavy atom. The van der Waals surface area contributed by atoms with Crippen molar-refractivity contribution in [3.63, 3.8) is 0 Å². The Balaban J connectivity index is 1.67. The summed E-state index contributed by atoms with van der Waals surface area (Å²) in [6.45, 7) is 1.94. The standard InChI is InChI=1S/C21H21N3O2S/c1-14(15-4-5-17-13-20(26-3)9-6-16(17)12-15)23-24-21(27)22-18-7-10-19(25-2)11-8-18/h4-13H,1-3H3,(H2,22,24,27). The van der Waals surface area contributed by atoms with E-state index in [4.69, 9.17) is 21.7 Å². The second-order valence-electron chi connectivity index (χ2n) is 5.92. The molecule has 3 aromatic carbocycles. The lowest BCUT2D eigenvalue weighted by Crippen LogP contribution is -2.24. The minimum Gasteiger partial charge on any atom is -0.497 e. The summed E-state index contributed by atoms with van der Waals surface area (Å²) in [7, 11) is 3.30. The van der Waals surface area contributed by atoms with Gasteiger partial charge in [-0.15, -0.1) is 0 Å². The van der Waals surface area contributed by atoms with Crippen molar-refractivity contribution in [2.24, 2.45) is 5.10 Å². The highest BCUT2D eigenvalue weighted by molar-refractivity contribution is 7.80. The minimum atomic E-state index is 0.421. The lowest BCUT2D eigenvalue weighted by molar-refractivity contribution is 0.415. The molecule has 3 aromatic rings. The van der Waals surface area contributed by atoms with Crippen molar-refractivity contribution in [2.45, 2.75) is 6.92 Å². The van der Waals surface area contributed by atoms with E-state index >= 15 is 0 Å². The fourth-order valence-electron chi connectivity index (χ4n) is 2.61. The maximum absolute atomic E-state index is 5.30. The van der Waals surface area contributed by atoms with E-state index in [-0.39, 0.29) is 0 Å². The lowest BCUT2D eigenvalue weighted by Gasteiger charge is -2.09. The minimum absolute atomic E-state index is 0.421. The molecule has 0 saturated heterocycles. The molecule has 0 aliphatic carbocycles. The van der Waals surface area contributed by atoms with Gasteiger partial charge in [0.15, 0.2) is 5.11 Å². The molecule has 0 fully saturated rings. The van der Waals surface area contributed by atoms with Gasteiger partial charge < -0.3 is 14.8 Å². The van der Waals surface area contributed by atoms with Gasteiger partial charge in [0, 0.05) is 5.69 Å². The second kappa shape index (κ2) is 8.51. The number of thiocarbonyl (C=S) groups is 1. The van der Waals surface area contributed by atoms with E-state index in [1.54, 1.807) is 14.2 Å². The van der Waals surface area contributed by atoms with Gasteiger partial charge in [-0.3, -0.25) is 5.43 Å². The molecule has 0 atom stereocenters. The fraction of sp³-hybridized carbons (Fsp3) is 0.143. The Morgan fingerprint density at radius 1 is 0.852 bits per heavy atom. The SMILES string of the molecule is COc1ccc(NC(=S)NN=C(C)c2ccc3cc(OC)ccc3c2)cc1. The van der Waals surface area contributed by atoms with Gasteiger partial charge in [0.2, 0.25) is 0 Å². The number of rotatable bonds is 5. The van der Waals surface area contributed by atoms with Crippen LogP contribution in [0.15, 0.2) is 65.8 Å². The molecule has 0 radical (unpaired) electrons. The number of methoxy groups -OCH3 is 2. The fourth-order valence-corrected chi connectivity index (χ4v) is 2.77. The molecular formula is C21H21N3O2S. The molecule has 3 rings (SSSR count). The largest absolute Gasteiger partial charge is 0.497 e. The number of benzene rings is 3. The molecular weight excluding hydrogens is 358 g/mol. The van der Waals surface area contributed by atoms with E-state index < -0.39 is 0 Å². The van der Waals surface area contributed by atoms with Crippen LogP contribution < -0.4 is 20.2 Å². The van der Waals surface area contributed by atoms with Crippen molar-refractivity contribution < 1.29 is 9.47 Å². The normalized spacial score (nSPS) is 11.1. The van der Waals surface area contributed by atoms with Crippen LogP contribution in [0.3, 0.4) is 0 Å². The van der Waals surface area contributed by atoms with Crippen LogP contribution in [0.1, 0.15) is 12.5 Å². The summed E-state index contributed by atoms with van der Waals surface area (Å²) in [4.78, 5) is 0. The van der Waals surface area contributed by atoms with Crippen LogP contribution in [0.5, 0.6) is 11.5 Å². The van der Waals surface area contributed by atoms with E-state index in [2.05, 4.69) is 28.0 Å². The Kier molecular flexibility index (Phi) is 5.88. The van der Waals surface area contributed by atoms with Crippen LogP contribution in [0, 0.1) is 0 Å². The predicted molar refractivity (Wildman–Crippen MR) is 115 cm³/mol. The van der Waals surface area contributed by atoms with Gasteiger partial charge in [-0.25, -0.2) is 0 Å². The van der Waals surface area contributed by atoms with Gasteiger partial charge in [0.1, 0.15) is 11.5 Å². The molecule has 0 saturated carbocycles. The Labute approximate surface area is 164 Å². The molecule has 0 spiro atoms. The van der Waals surface area contributed by atoms with Crippen molar-refractivity contribution in [3.8, 4) is 11.5 Å². The number of hydrazone groups is 1. The first-order valence-electron chi connectivity index (χ1n) is 8.42. The smallest absolute Gasteiger partial charge is 0.191 e. The van der Waals surface area contributed by atoms with Gasteiger partial charge in [-0.2, -0.15) is 5.10 Å². The zero-order valence-corrected chi connectivity index (χ0v) is 16.3. The maximum Gasteiger partial charge on any atom is 0.191 e. The van der Waals surface area contributed by atoms with Crippen molar-refractivity contribution in [1.29, 1.82) is 0 Å². The van der Waals surface area contributed by atoms with Crippen LogP contribution >= 0.6 is 12.2 Å². The molecule has 6 heteroatoms. The van der Waals surface area contributed by atoms with Gasteiger partial charge >= 0.3 is 0 Å². The second-order valence-corrected chi connectivity index (χ2v) is 6.33. The molecule has 0 unspecified atom stereocenters. The molecule has 0 aliphatic heterocycles. The first-order valence-corrected chi connectivity index (χ1v) is 8.83. The summed E-state index contributed by atoms with van der Waals surface area (Å²) >= 11 is 5.30. The Morgan fingerprint density at radius 2 is 1.48 bits per heavy atom. The van der Waals surface area contributed by atoms with Crippen LogP contribution in [-0.4, -0.2) is 25.0 Å². The predicted octanol–water partition coefficient (Wildman–Crippen LogP) is 4.57. The number of nitrogens with one attached hydrogen (secondary N) is 2. The zero-order valence-electron chi connectivity index (χ0n) is 15.4. The molecule has 0 heterocycles. The lowest BCUT2D eigenvalue weighted by atomic mass is 10.0. The maximum atomic E-state index is 5.30. The average Bonchev–Trinajstić information content (AvgIpc) is 2.71. The van der Waals surface area contributed by atoms with Gasteiger partial charge in [-0.1, -0.05) is 18.2 Å². The van der Waals surface area contributed by atoms with E-state index in [1.807, 2.05) is 55.5 Å². The molecule has 5 nitrogen and oxygen atoms in total. The van der Waals surface area contributed by atoms with Crippen LogP contribution in [0.25, 0.3) is 10.8 Å². The highest BCUT2D eigenvalue weighted by Gasteiger charge is 2.03. The summed E-state index contributed by atoms with van der Waals surface area (Å²) in [5.74, 6) is 1.64. The molecule has 0 aliphatic rings. The summed E-state index contributed by atoms with van der Waals surface area (Å²) in [5, 5.41) is 10.1. The van der Waals surface area contributed by atoms with Gasteiger partial charge in [-0.05, 0) is 77.9 Å². The quantitative estimate of drug-likeness (QED) is 0.386. The molecule has 0 aromatic heterocycles.